The highest BCUT2D eigenvalue weighted by Crippen LogP contribution is 2.34. The van der Waals surface area contributed by atoms with Crippen molar-refractivity contribution in [2.75, 3.05) is 0 Å². The van der Waals surface area contributed by atoms with Gasteiger partial charge in [-0.15, -0.1) is 11.3 Å². The topological polar surface area (TPSA) is 47.0 Å². The van der Waals surface area contributed by atoms with Gasteiger partial charge >= 0.3 is 0 Å². The lowest BCUT2D eigenvalue weighted by Gasteiger charge is -2.12. The van der Waals surface area contributed by atoms with Crippen LogP contribution in [-0.2, 0) is 6.54 Å². The molecule has 24 heavy (non-hydrogen) atoms. The maximum Gasteiger partial charge on any atom is 0.242 e. The van der Waals surface area contributed by atoms with E-state index in [0.717, 1.165) is 34.2 Å². The molecule has 1 aliphatic rings. The molecule has 4 rings (SSSR count). The molecule has 1 aliphatic carbocycles. The lowest BCUT2D eigenvalue weighted by Crippen LogP contribution is -2.14. The van der Waals surface area contributed by atoms with Crippen molar-refractivity contribution >= 4 is 22.4 Å². The molecule has 2 heterocycles. The van der Waals surface area contributed by atoms with Gasteiger partial charge in [0.25, 0.3) is 0 Å². The summed E-state index contributed by atoms with van der Waals surface area (Å²) in [7, 11) is 0. The highest BCUT2D eigenvalue weighted by molar-refractivity contribution is 7.15. The largest absolute Gasteiger partial charge is 0.473 e. The minimum absolute atomic E-state index is 0.0650. The molecule has 3 aromatic rings. The molecule has 0 spiro atoms. The third-order valence-corrected chi connectivity index (χ3v) is 5.02. The molecule has 124 valence electrons. The number of thiophene rings is 1. The fraction of sp³-hybridized carbons (Fsp3) is 0.368. The zero-order valence-electron chi connectivity index (χ0n) is 14.0. The molecule has 0 saturated heterocycles. The van der Waals surface area contributed by atoms with Gasteiger partial charge in [-0.25, -0.2) is 9.97 Å². The van der Waals surface area contributed by atoms with Crippen molar-refractivity contribution in [2.24, 2.45) is 0 Å². The maximum atomic E-state index is 5.94. The quantitative estimate of drug-likeness (QED) is 0.723. The molecule has 1 aromatic carbocycles. The minimum Gasteiger partial charge on any atom is -0.473 e. The number of hydrogen-bond donors (Lipinski definition) is 1. The summed E-state index contributed by atoms with van der Waals surface area (Å²) in [5.74, 6) is 0.618. The molecule has 0 unspecified atom stereocenters. The molecule has 2 aromatic heterocycles. The number of benzene rings is 1. The number of para-hydroxylation sites is 2. The van der Waals surface area contributed by atoms with Crippen LogP contribution < -0.4 is 10.1 Å². The van der Waals surface area contributed by atoms with Crippen LogP contribution in [0.1, 0.15) is 31.6 Å². The van der Waals surface area contributed by atoms with E-state index < -0.39 is 0 Å². The Hall–Kier alpha value is -1.98. The van der Waals surface area contributed by atoms with E-state index in [4.69, 9.17) is 14.7 Å². The van der Waals surface area contributed by atoms with Gasteiger partial charge in [-0.3, -0.25) is 0 Å². The first-order valence-electron chi connectivity index (χ1n) is 8.45. The molecule has 0 amide bonds. The van der Waals surface area contributed by atoms with Crippen molar-refractivity contribution in [3.05, 3.63) is 41.3 Å². The van der Waals surface area contributed by atoms with Crippen molar-refractivity contribution in [1.82, 2.24) is 15.3 Å². The molecular weight excluding hydrogens is 318 g/mol. The lowest BCUT2D eigenvalue weighted by atomic mass is 10.2. The van der Waals surface area contributed by atoms with E-state index >= 15 is 0 Å². The lowest BCUT2D eigenvalue weighted by molar-refractivity contribution is 0.234. The van der Waals surface area contributed by atoms with Crippen LogP contribution >= 0.6 is 11.3 Å². The smallest absolute Gasteiger partial charge is 0.242 e. The molecule has 1 N–H and O–H groups in total. The fourth-order valence-corrected chi connectivity index (χ4v) is 3.52. The number of ether oxygens (including phenoxy) is 1. The van der Waals surface area contributed by atoms with E-state index in [9.17, 15) is 0 Å². The first kappa shape index (κ1) is 15.5. The van der Waals surface area contributed by atoms with Gasteiger partial charge in [0.2, 0.25) is 5.88 Å². The summed E-state index contributed by atoms with van der Waals surface area (Å²) in [4.78, 5) is 11.9. The van der Waals surface area contributed by atoms with E-state index in [2.05, 4.69) is 17.4 Å². The first-order valence-corrected chi connectivity index (χ1v) is 9.26. The van der Waals surface area contributed by atoms with Gasteiger partial charge in [0.05, 0.1) is 22.0 Å². The third-order valence-electron chi connectivity index (χ3n) is 3.92. The zero-order valence-corrected chi connectivity index (χ0v) is 14.8. The summed E-state index contributed by atoms with van der Waals surface area (Å²) >= 11 is 1.76. The zero-order chi connectivity index (χ0) is 16.5. The number of hydrogen-bond acceptors (Lipinski definition) is 5. The average molecular weight is 339 g/mol. The summed E-state index contributed by atoms with van der Waals surface area (Å²) in [6, 6.07) is 12.9. The number of fused-ring (bicyclic) bond motifs is 1. The van der Waals surface area contributed by atoms with E-state index in [1.165, 1.54) is 17.7 Å². The molecule has 0 radical (unpaired) electrons. The molecule has 5 heteroatoms. The van der Waals surface area contributed by atoms with Gasteiger partial charge < -0.3 is 10.1 Å². The molecule has 1 fully saturated rings. The standard InChI is InChI=1S/C19H21N3OS/c1-12(2)23-19-18(21-15-5-3-4-6-16(15)22-19)17-10-9-14(24-17)11-20-13-7-8-13/h3-6,9-10,12-13,20H,7-8,11H2,1-2H3. The van der Waals surface area contributed by atoms with Crippen LogP contribution in [0.3, 0.4) is 0 Å². The second-order valence-electron chi connectivity index (χ2n) is 6.45. The molecular formula is C19H21N3OS. The molecule has 4 nitrogen and oxygen atoms in total. The second kappa shape index (κ2) is 6.49. The Morgan fingerprint density at radius 3 is 2.58 bits per heavy atom. The van der Waals surface area contributed by atoms with Gasteiger partial charge in [0, 0.05) is 17.5 Å². The minimum atomic E-state index is 0.0650. The highest BCUT2D eigenvalue weighted by atomic mass is 32.1. The Morgan fingerprint density at radius 2 is 1.88 bits per heavy atom. The number of aromatic nitrogens is 2. The third kappa shape index (κ3) is 3.42. The fourth-order valence-electron chi connectivity index (χ4n) is 2.58. The van der Waals surface area contributed by atoms with Crippen molar-refractivity contribution in [3.8, 4) is 16.5 Å². The summed E-state index contributed by atoms with van der Waals surface area (Å²) in [5, 5.41) is 3.56. The van der Waals surface area contributed by atoms with Crippen molar-refractivity contribution in [1.29, 1.82) is 0 Å². The normalized spacial score (nSPS) is 14.5. The SMILES string of the molecule is CC(C)Oc1nc2ccccc2nc1-c1ccc(CNC2CC2)s1. The number of nitrogens with one attached hydrogen (secondary N) is 1. The second-order valence-corrected chi connectivity index (χ2v) is 7.62. The summed E-state index contributed by atoms with van der Waals surface area (Å²) in [6.45, 7) is 4.96. The summed E-state index contributed by atoms with van der Waals surface area (Å²) in [6.07, 6.45) is 2.68. The Morgan fingerprint density at radius 1 is 1.12 bits per heavy atom. The summed E-state index contributed by atoms with van der Waals surface area (Å²) < 4.78 is 5.94. The molecule has 0 atom stereocenters. The van der Waals surface area contributed by atoms with Crippen LogP contribution in [0.15, 0.2) is 36.4 Å². The van der Waals surface area contributed by atoms with Crippen LogP contribution in [0.2, 0.25) is 0 Å². The summed E-state index contributed by atoms with van der Waals surface area (Å²) in [5.41, 5.74) is 2.60. The van der Waals surface area contributed by atoms with Crippen molar-refractivity contribution in [3.63, 3.8) is 0 Å². The Balaban J connectivity index is 1.70. The number of rotatable bonds is 6. The van der Waals surface area contributed by atoms with Crippen LogP contribution in [0.25, 0.3) is 21.6 Å². The molecule has 0 bridgehead atoms. The average Bonchev–Trinajstić information content (AvgIpc) is 3.28. The van der Waals surface area contributed by atoms with E-state index in [-0.39, 0.29) is 6.10 Å². The van der Waals surface area contributed by atoms with Crippen LogP contribution in [0.5, 0.6) is 5.88 Å². The van der Waals surface area contributed by atoms with Crippen molar-refractivity contribution in [2.45, 2.75) is 45.4 Å². The van der Waals surface area contributed by atoms with Gasteiger partial charge in [0.15, 0.2) is 0 Å². The Labute approximate surface area is 145 Å². The van der Waals surface area contributed by atoms with E-state index in [1.807, 2.05) is 38.1 Å². The van der Waals surface area contributed by atoms with Crippen LogP contribution in [0.4, 0.5) is 0 Å². The van der Waals surface area contributed by atoms with Gasteiger partial charge in [-0.1, -0.05) is 12.1 Å². The van der Waals surface area contributed by atoms with Crippen LogP contribution in [-0.4, -0.2) is 22.1 Å². The number of nitrogens with zero attached hydrogens (tertiary/aromatic N) is 2. The monoisotopic (exact) mass is 339 g/mol. The van der Waals surface area contributed by atoms with E-state index in [0.29, 0.717) is 5.88 Å². The Kier molecular flexibility index (Phi) is 4.21. The highest BCUT2D eigenvalue weighted by Gasteiger charge is 2.21. The van der Waals surface area contributed by atoms with Crippen LogP contribution in [0, 0.1) is 0 Å². The first-order chi connectivity index (χ1) is 11.7. The Bertz CT molecular complexity index is 855. The maximum absolute atomic E-state index is 5.94. The van der Waals surface area contributed by atoms with Gasteiger partial charge in [-0.2, -0.15) is 0 Å². The predicted molar refractivity (Wildman–Crippen MR) is 98.5 cm³/mol. The van der Waals surface area contributed by atoms with Gasteiger partial charge in [-0.05, 0) is 51.0 Å². The molecule has 0 aliphatic heterocycles. The van der Waals surface area contributed by atoms with Gasteiger partial charge in [0.1, 0.15) is 5.69 Å². The van der Waals surface area contributed by atoms with Crippen molar-refractivity contribution < 1.29 is 4.74 Å². The molecule has 1 saturated carbocycles. The van der Waals surface area contributed by atoms with E-state index in [1.54, 1.807) is 11.3 Å². The predicted octanol–water partition coefficient (Wildman–Crippen LogP) is 4.40.